The number of nitrogens with zero attached hydrogens (tertiary/aromatic N) is 7. The summed E-state index contributed by atoms with van der Waals surface area (Å²) in [7, 11) is 2.16. The van der Waals surface area contributed by atoms with Crippen LogP contribution in [0.4, 0.5) is 11.6 Å². The number of hydrogen-bond donors (Lipinski definition) is 1. The zero-order chi connectivity index (χ0) is 25.5. The normalized spacial score (nSPS) is 15.0. The molecule has 0 saturated carbocycles. The second-order valence-corrected chi connectivity index (χ2v) is 9.95. The fourth-order valence-electron chi connectivity index (χ4n) is 4.60. The number of hydrogen-bond acceptors (Lipinski definition) is 7. The number of anilines is 2. The highest BCUT2D eigenvalue weighted by Gasteiger charge is 2.19. The van der Waals surface area contributed by atoms with E-state index in [2.05, 4.69) is 49.2 Å². The number of rotatable bonds is 5. The van der Waals surface area contributed by atoms with Crippen LogP contribution in [0.25, 0.3) is 22.5 Å². The third-order valence-electron chi connectivity index (χ3n) is 6.62. The maximum absolute atomic E-state index is 13.5. The van der Waals surface area contributed by atoms with Crippen molar-refractivity contribution in [2.45, 2.75) is 6.54 Å². The zero-order valence-corrected chi connectivity index (χ0v) is 21.6. The van der Waals surface area contributed by atoms with Crippen LogP contribution in [0.15, 0.2) is 65.8 Å². The van der Waals surface area contributed by atoms with E-state index in [9.17, 15) is 4.79 Å². The van der Waals surface area contributed by atoms with Gasteiger partial charge in [-0.3, -0.25) is 14.1 Å². The van der Waals surface area contributed by atoms with Crippen molar-refractivity contribution in [1.82, 2.24) is 33.7 Å². The third kappa shape index (κ3) is 4.55. The topological polar surface area (TPSA) is 83.6 Å². The van der Waals surface area contributed by atoms with Crippen LogP contribution in [0.3, 0.4) is 0 Å². The van der Waals surface area contributed by atoms with Gasteiger partial charge in [-0.25, -0.2) is 14.5 Å². The van der Waals surface area contributed by atoms with E-state index in [4.69, 9.17) is 23.2 Å². The summed E-state index contributed by atoms with van der Waals surface area (Å²) < 4.78 is 3.12. The fourth-order valence-corrected chi connectivity index (χ4v) is 5.16. The Morgan fingerprint density at radius 1 is 0.973 bits per heavy atom. The summed E-state index contributed by atoms with van der Waals surface area (Å²) in [4.78, 5) is 31.8. The molecule has 0 unspecified atom stereocenters. The van der Waals surface area contributed by atoms with Crippen molar-refractivity contribution in [3.05, 3.63) is 87.0 Å². The van der Waals surface area contributed by atoms with E-state index in [1.54, 1.807) is 35.0 Å². The van der Waals surface area contributed by atoms with Gasteiger partial charge in [0.2, 0.25) is 11.7 Å². The highest BCUT2D eigenvalue weighted by atomic mass is 35.5. The zero-order valence-electron chi connectivity index (χ0n) is 20.1. The van der Waals surface area contributed by atoms with Crippen LogP contribution in [0.2, 0.25) is 10.0 Å². The van der Waals surface area contributed by atoms with Crippen molar-refractivity contribution in [2.24, 2.45) is 0 Å². The number of aromatic nitrogens is 5. The molecule has 11 heteroatoms. The van der Waals surface area contributed by atoms with Crippen LogP contribution in [-0.2, 0) is 6.54 Å². The van der Waals surface area contributed by atoms with Gasteiger partial charge in [0.25, 0.3) is 5.56 Å². The van der Waals surface area contributed by atoms with Crippen molar-refractivity contribution in [2.75, 3.05) is 38.5 Å². The summed E-state index contributed by atoms with van der Waals surface area (Å²) in [6.07, 6.45) is 4.85. The van der Waals surface area contributed by atoms with E-state index in [0.717, 1.165) is 38.4 Å². The van der Waals surface area contributed by atoms with Crippen molar-refractivity contribution in [3.8, 4) is 5.69 Å². The first-order valence-electron chi connectivity index (χ1n) is 11.9. The smallest absolute Gasteiger partial charge is 0.270 e. The number of fused-ring (bicyclic) bond motifs is 3. The number of imidazole rings is 1. The first-order valence-corrected chi connectivity index (χ1v) is 12.7. The molecular weight excluding hydrogens is 511 g/mol. The lowest BCUT2D eigenvalue weighted by Crippen LogP contribution is -2.43. The molecule has 1 N–H and O–H groups in total. The van der Waals surface area contributed by atoms with E-state index >= 15 is 0 Å². The molecule has 9 nitrogen and oxygen atoms in total. The minimum Gasteiger partial charge on any atom is -0.324 e. The van der Waals surface area contributed by atoms with Gasteiger partial charge in [0.1, 0.15) is 5.39 Å². The Morgan fingerprint density at radius 3 is 2.43 bits per heavy atom. The van der Waals surface area contributed by atoms with Crippen LogP contribution in [0.5, 0.6) is 0 Å². The SMILES string of the molecule is CN1CCN(Cc2ccc(Nc3ncc4c(=O)n(-c5c(Cl)cccc5Cl)c5nccn5c4n3)cc2)CC1. The predicted molar refractivity (Wildman–Crippen MR) is 146 cm³/mol. The molecule has 37 heavy (non-hydrogen) atoms. The van der Waals surface area contributed by atoms with E-state index in [1.807, 2.05) is 12.1 Å². The van der Waals surface area contributed by atoms with Gasteiger partial charge >= 0.3 is 0 Å². The molecule has 0 radical (unpaired) electrons. The molecule has 3 aromatic heterocycles. The molecule has 0 aliphatic carbocycles. The Morgan fingerprint density at radius 2 is 1.70 bits per heavy atom. The molecule has 0 spiro atoms. The maximum atomic E-state index is 13.5. The lowest BCUT2D eigenvalue weighted by atomic mass is 10.2. The molecule has 0 amide bonds. The summed E-state index contributed by atoms with van der Waals surface area (Å²) in [5, 5.41) is 4.24. The minimum atomic E-state index is -0.358. The summed E-state index contributed by atoms with van der Waals surface area (Å²) in [6.45, 7) is 5.28. The second kappa shape index (κ2) is 9.75. The number of benzene rings is 2. The first kappa shape index (κ1) is 23.9. The summed E-state index contributed by atoms with van der Waals surface area (Å²) in [6, 6.07) is 13.3. The highest BCUT2D eigenvalue weighted by molar-refractivity contribution is 6.37. The van der Waals surface area contributed by atoms with Gasteiger partial charge in [0, 0.05) is 57.0 Å². The van der Waals surface area contributed by atoms with Crippen LogP contribution >= 0.6 is 23.2 Å². The fraction of sp³-hybridized carbons (Fsp3) is 0.231. The van der Waals surface area contributed by atoms with Crippen molar-refractivity contribution >= 4 is 51.6 Å². The van der Waals surface area contributed by atoms with Crippen molar-refractivity contribution in [1.29, 1.82) is 0 Å². The van der Waals surface area contributed by atoms with E-state index in [-0.39, 0.29) is 5.56 Å². The van der Waals surface area contributed by atoms with E-state index in [0.29, 0.717) is 38.5 Å². The van der Waals surface area contributed by atoms with Crippen LogP contribution in [-0.4, -0.2) is 66.9 Å². The Kier molecular flexibility index (Phi) is 6.29. The number of nitrogens with one attached hydrogen (secondary N) is 1. The van der Waals surface area contributed by atoms with Crippen molar-refractivity contribution < 1.29 is 0 Å². The Balaban J connectivity index is 1.31. The van der Waals surface area contributed by atoms with Gasteiger partial charge in [-0.15, -0.1) is 0 Å². The molecule has 1 aliphatic rings. The summed E-state index contributed by atoms with van der Waals surface area (Å²) in [5.74, 6) is 0.729. The molecule has 2 aromatic carbocycles. The van der Waals surface area contributed by atoms with Crippen LogP contribution in [0.1, 0.15) is 5.56 Å². The van der Waals surface area contributed by atoms with Gasteiger partial charge in [-0.2, -0.15) is 4.98 Å². The number of para-hydroxylation sites is 1. The molecule has 6 rings (SSSR count). The number of piperazine rings is 1. The average molecular weight is 535 g/mol. The highest BCUT2D eigenvalue weighted by Crippen LogP contribution is 2.29. The summed E-state index contributed by atoms with van der Waals surface area (Å²) in [5.41, 5.74) is 2.56. The molecule has 0 bridgehead atoms. The Hall–Kier alpha value is -3.50. The maximum Gasteiger partial charge on any atom is 0.270 e. The van der Waals surface area contributed by atoms with E-state index < -0.39 is 0 Å². The minimum absolute atomic E-state index is 0.314. The van der Waals surface area contributed by atoms with Gasteiger partial charge in [0.15, 0.2) is 5.65 Å². The molecule has 0 atom stereocenters. The van der Waals surface area contributed by atoms with Gasteiger partial charge in [-0.05, 0) is 36.9 Å². The Labute approximate surface area is 222 Å². The second-order valence-electron chi connectivity index (χ2n) is 9.14. The van der Waals surface area contributed by atoms with Gasteiger partial charge in [0.05, 0.1) is 15.7 Å². The Bertz CT molecular complexity index is 1640. The van der Waals surface area contributed by atoms with Crippen molar-refractivity contribution in [3.63, 3.8) is 0 Å². The number of halogens is 2. The molecule has 4 heterocycles. The third-order valence-corrected chi connectivity index (χ3v) is 7.23. The lowest BCUT2D eigenvalue weighted by Gasteiger charge is -2.32. The lowest BCUT2D eigenvalue weighted by molar-refractivity contribution is 0.148. The average Bonchev–Trinajstić information content (AvgIpc) is 3.38. The van der Waals surface area contributed by atoms with Gasteiger partial charge in [-0.1, -0.05) is 41.4 Å². The predicted octanol–water partition coefficient (Wildman–Crippen LogP) is 4.23. The van der Waals surface area contributed by atoms with Crippen LogP contribution in [0, 0.1) is 0 Å². The quantitative estimate of drug-likeness (QED) is 0.361. The first-order chi connectivity index (χ1) is 18.0. The molecule has 1 aliphatic heterocycles. The van der Waals surface area contributed by atoms with E-state index in [1.165, 1.54) is 16.3 Å². The molecule has 1 saturated heterocycles. The number of likely N-dealkylation sites (N-methyl/N-ethyl adjacent to an activating group) is 1. The summed E-state index contributed by atoms with van der Waals surface area (Å²) >= 11 is 12.8. The van der Waals surface area contributed by atoms with Gasteiger partial charge < -0.3 is 10.2 Å². The standard InChI is InChI=1S/C26H24Cl2N8O/c1-33-11-13-34(14-12-33)16-17-5-7-18(8-6-17)31-25-30-15-19-23(32-25)35-10-9-29-26(35)36(24(19)37)22-20(27)3-2-4-21(22)28/h2-10,15H,11-14,16H2,1H3,(H,30,31,32). The molecular formula is C26H24Cl2N8O. The monoisotopic (exact) mass is 534 g/mol. The molecule has 1 fully saturated rings. The molecule has 188 valence electrons. The molecule has 5 aromatic rings. The van der Waals surface area contributed by atoms with Crippen LogP contribution < -0.4 is 10.9 Å². The largest absolute Gasteiger partial charge is 0.324 e.